The van der Waals surface area contributed by atoms with Gasteiger partial charge in [0.05, 0.1) is 6.54 Å². The molecule has 2 heterocycles. The standard InChI is InChI=1S/C18H30N4S2/c1-15-5-6-16(24-15)13-20-17(19-2)21-14-18(7-3-4-8-18)22-9-11-23-12-10-22/h5-6H,3-4,7-14H2,1-2H3,(H2,19,20,21). The third kappa shape index (κ3) is 4.46. The molecule has 0 radical (unpaired) electrons. The molecule has 2 N–H and O–H groups in total. The summed E-state index contributed by atoms with van der Waals surface area (Å²) >= 11 is 3.95. The normalized spacial score (nSPS) is 21.8. The number of nitrogens with one attached hydrogen (secondary N) is 2. The molecule has 0 spiro atoms. The quantitative estimate of drug-likeness (QED) is 0.621. The predicted octanol–water partition coefficient (Wildman–Crippen LogP) is 3.08. The van der Waals surface area contributed by atoms with Crippen LogP contribution in [0.4, 0.5) is 0 Å². The summed E-state index contributed by atoms with van der Waals surface area (Å²) in [4.78, 5) is 9.90. The van der Waals surface area contributed by atoms with Gasteiger partial charge in [0.25, 0.3) is 0 Å². The van der Waals surface area contributed by atoms with Gasteiger partial charge in [-0.3, -0.25) is 9.89 Å². The Balaban J connectivity index is 1.54. The van der Waals surface area contributed by atoms with Crippen molar-refractivity contribution in [3.8, 4) is 0 Å². The van der Waals surface area contributed by atoms with Gasteiger partial charge in [-0.1, -0.05) is 12.8 Å². The third-order valence-corrected chi connectivity index (χ3v) is 7.19. The van der Waals surface area contributed by atoms with Gasteiger partial charge in [-0.15, -0.1) is 11.3 Å². The van der Waals surface area contributed by atoms with E-state index in [1.54, 1.807) is 0 Å². The first-order valence-corrected chi connectivity index (χ1v) is 11.0. The predicted molar refractivity (Wildman–Crippen MR) is 107 cm³/mol. The fourth-order valence-electron chi connectivity index (χ4n) is 3.90. The summed E-state index contributed by atoms with van der Waals surface area (Å²) in [6.45, 7) is 6.51. The van der Waals surface area contributed by atoms with Crippen LogP contribution in [-0.2, 0) is 6.54 Å². The maximum absolute atomic E-state index is 4.42. The van der Waals surface area contributed by atoms with Gasteiger partial charge in [0, 0.05) is 53.5 Å². The average molecular weight is 367 g/mol. The molecular formula is C18H30N4S2. The second-order valence-electron chi connectivity index (χ2n) is 6.82. The average Bonchev–Trinajstić information content (AvgIpc) is 3.26. The number of aliphatic imine (C=N–C) groups is 1. The SMILES string of the molecule is CN=C(NCc1ccc(C)s1)NCC1(N2CCSCC2)CCCC1. The Morgan fingerprint density at radius 3 is 2.58 bits per heavy atom. The summed E-state index contributed by atoms with van der Waals surface area (Å²) in [5.74, 6) is 3.50. The highest BCUT2D eigenvalue weighted by Crippen LogP contribution is 2.36. The topological polar surface area (TPSA) is 39.7 Å². The summed E-state index contributed by atoms with van der Waals surface area (Å²) in [7, 11) is 1.87. The van der Waals surface area contributed by atoms with Crippen molar-refractivity contribution in [2.24, 2.45) is 4.99 Å². The smallest absolute Gasteiger partial charge is 0.191 e. The van der Waals surface area contributed by atoms with Crippen molar-refractivity contribution in [2.45, 2.75) is 44.7 Å². The van der Waals surface area contributed by atoms with Gasteiger partial charge < -0.3 is 10.6 Å². The van der Waals surface area contributed by atoms with Crippen LogP contribution in [0.2, 0.25) is 0 Å². The minimum Gasteiger partial charge on any atom is -0.355 e. The van der Waals surface area contributed by atoms with E-state index in [0.29, 0.717) is 5.54 Å². The zero-order chi connectivity index (χ0) is 16.8. The lowest BCUT2D eigenvalue weighted by atomic mass is 9.94. The van der Waals surface area contributed by atoms with E-state index in [2.05, 4.69) is 51.3 Å². The molecule has 4 nitrogen and oxygen atoms in total. The van der Waals surface area contributed by atoms with E-state index >= 15 is 0 Å². The van der Waals surface area contributed by atoms with Crippen molar-refractivity contribution in [3.63, 3.8) is 0 Å². The summed E-state index contributed by atoms with van der Waals surface area (Å²) < 4.78 is 0. The molecule has 1 aliphatic heterocycles. The van der Waals surface area contributed by atoms with E-state index in [4.69, 9.17) is 0 Å². The van der Waals surface area contributed by atoms with Gasteiger partial charge in [0.2, 0.25) is 0 Å². The van der Waals surface area contributed by atoms with E-state index in [1.807, 2.05) is 18.4 Å². The van der Waals surface area contributed by atoms with Gasteiger partial charge >= 0.3 is 0 Å². The summed E-state index contributed by atoms with van der Waals surface area (Å²) in [5, 5.41) is 7.09. The number of nitrogens with zero attached hydrogens (tertiary/aromatic N) is 2. The number of guanidine groups is 1. The zero-order valence-corrected chi connectivity index (χ0v) is 16.6. The van der Waals surface area contributed by atoms with Crippen LogP contribution in [0.3, 0.4) is 0 Å². The van der Waals surface area contributed by atoms with Crippen LogP contribution in [0.5, 0.6) is 0 Å². The van der Waals surface area contributed by atoms with E-state index in [0.717, 1.165) is 19.0 Å². The molecule has 3 rings (SSSR count). The lowest BCUT2D eigenvalue weighted by molar-refractivity contribution is 0.107. The van der Waals surface area contributed by atoms with Crippen molar-refractivity contribution >= 4 is 29.1 Å². The van der Waals surface area contributed by atoms with Gasteiger partial charge in [0.1, 0.15) is 0 Å². The van der Waals surface area contributed by atoms with Crippen molar-refractivity contribution in [1.82, 2.24) is 15.5 Å². The van der Waals surface area contributed by atoms with Crippen LogP contribution >= 0.6 is 23.1 Å². The van der Waals surface area contributed by atoms with Crippen LogP contribution in [0.25, 0.3) is 0 Å². The monoisotopic (exact) mass is 366 g/mol. The first-order valence-electron chi connectivity index (χ1n) is 9.04. The van der Waals surface area contributed by atoms with Crippen LogP contribution in [0, 0.1) is 6.92 Å². The largest absolute Gasteiger partial charge is 0.355 e. The van der Waals surface area contributed by atoms with Crippen molar-refractivity contribution < 1.29 is 0 Å². The molecule has 6 heteroatoms. The van der Waals surface area contributed by atoms with E-state index in [1.165, 1.54) is 60.0 Å². The van der Waals surface area contributed by atoms with Crippen molar-refractivity contribution in [1.29, 1.82) is 0 Å². The number of rotatable bonds is 5. The molecule has 0 amide bonds. The highest BCUT2D eigenvalue weighted by molar-refractivity contribution is 7.99. The van der Waals surface area contributed by atoms with E-state index in [9.17, 15) is 0 Å². The minimum absolute atomic E-state index is 0.345. The Morgan fingerprint density at radius 2 is 1.96 bits per heavy atom. The molecule has 0 aromatic carbocycles. The first-order chi connectivity index (χ1) is 11.7. The van der Waals surface area contributed by atoms with Crippen molar-refractivity contribution in [2.75, 3.05) is 38.2 Å². The van der Waals surface area contributed by atoms with Gasteiger partial charge in [-0.25, -0.2) is 0 Å². The molecule has 24 heavy (non-hydrogen) atoms. The van der Waals surface area contributed by atoms with Gasteiger partial charge in [-0.2, -0.15) is 11.8 Å². The maximum atomic E-state index is 4.42. The molecule has 2 aliphatic rings. The molecule has 1 aromatic rings. The highest BCUT2D eigenvalue weighted by atomic mass is 32.2. The Labute approximate surface area is 154 Å². The minimum atomic E-state index is 0.345. The van der Waals surface area contributed by atoms with Crippen LogP contribution in [-0.4, -0.2) is 54.6 Å². The number of hydrogen-bond donors (Lipinski definition) is 2. The Hall–Kier alpha value is -0.720. The van der Waals surface area contributed by atoms with Crippen LogP contribution < -0.4 is 10.6 Å². The summed E-state index contributed by atoms with van der Waals surface area (Å²) in [6, 6.07) is 4.38. The molecular weight excluding hydrogens is 336 g/mol. The Kier molecular flexibility index (Phi) is 6.47. The molecule has 1 aliphatic carbocycles. The molecule has 0 bridgehead atoms. The first kappa shape index (κ1) is 18.1. The van der Waals surface area contributed by atoms with Gasteiger partial charge in [-0.05, 0) is 31.9 Å². The fraction of sp³-hybridized carbons (Fsp3) is 0.722. The molecule has 0 unspecified atom stereocenters. The van der Waals surface area contributed by atoms with Crippen LogP contribution in [0.15, 0.2) is 17.1 Å². The Bertz CT molecular complexity index is 543. The number of thiophene rings is 1. The second-order valence-corrected chi connectivity index (χ2v) is 9.42. The van der Waals surface area contributed by atoms with E-state index < -0.39 is 0 Å². The molecule has 1 saturated heterocycles. The van der Waals surface area contributed by atoms with E-state index in [-0.39, 0.29) is 0 Å². The van der Waals surface area contributed by atoms with Crippen LogP contribution in [0.1, 0.15) is 35.4 Å². The fourth-order valence-corrected chi connectivity index (χ4v) is 5.63. The lowest BCUT2D eigenvalue weighted by Crippen LogP contribution is -2.57. The molecule has 2 fully saturated rings. The molecule has 1 saturated carbocycles. The third-order valence-electron chi connectivity index (χ3n) is 5.25. The molecule has 1 aromatic heterocycles. The molecule has 0 atom stereocenters. The Morgan fingerprint density at radius 1 is 1.21 bits per heavy atom. The highest BCUT2D eigenvalue weighted by Gasteiger charge is 2.39. The second kappa shape index (κ2) is 8.59. The number of aryl methyl sites for hydroxylation is 1. The molecule has 134 valence electrons. The van der Waals surface area contributed by atoms with Gasteiger partial charge in [0.15, 0.2) is 5.96 Å². The lowest BCUT2D eigenvalue weighted by Gasteiger charge is -2.43. The maximum Gasteiger partial charge on any atom is 0.191 e. The number of hydrogen-bond acceptors (Lipinski definition) is 4. The van der Waals surface area contributed by atoms with Crippen molar-refractivity contribution in [3.05, 3.63) is 21.9 Å². The summed E-state index contributed by atoms with van der Waals surface area (Å²) in [6.07, 6.45) is 5.38. The zero-order valence-electron chi connectivity index (χ0n) is 14.9. The summed E-state index contributed by atoms with van der Waals surface area (Å²) in [5.41, 5.74) is 0.345. The number of thioether (sulfide) groups is 1.